The standard InChI is InChI=1S/C15H28N2/c1-14(2)13(15(14,3)4)17-9-12-11-7-5-6-10(11)8-16-12/h10-13,16-17H,5-9H2,1-4H3. The first kappa shape index (κ1) is 12.0. The zero-order chi connectivity index (χ0) is 12.3. The first-order chi connectivity index (χ1) is 7.94. The molecule has 0 radical (unpaired) electrons. The van der Waals surface area contributed by atoms with Crippen LogP contribution in [-0.2, 0) is 0 Å². The van der Waals surface area contributed by atoms with E-state index in [9.17, 15) is 0 Å². The van der Waals surface area contributed by atoms with Crippen molar-refractivity contribution < 1.29 is 0 Å². The third kappa shape index (κ3) is 1.67. The summed E-state index contributed by atoms with van der Waals surface area (Å²) in [6.07, 6.45) is 4.39. The van der Waals surface area contributed by atoms with Crippen LogP contribution in [0, 0.1) is 22.7 Å². The van der Waals surface area contributed by atoms with E-state index in [4.69, 9.17) is 0 Å². The molecular weight excluding hydrogens is 208 g/mol. The van der Waals surface area contributed by atoms with Crippen LogP contribution in [0.3, 0.4) is 0 Å². The summed E-state index contributed by atoms with van der Waals surface area (Å²) in [5, 5.41) is 7.56. The zero-order valence-electron chi connectivity index (χ0n) is 11.8. The SMILES string of the molecule is CC1(C)C(NCC2NCC3CCCC32)C1(C)C. The smallest absolute Gasteiger partial charge is 0.0224 e. The van der Waals surface area contributed by atoms with E-state index in [1.807, 2.05) is 0 Å². The van der Waals surface area contributed by atoms with Gasteiger partial charge >= 0.3 is 0 Å². The fraction of sp³-hybridized carbons (Fsp3) is 1.00. The van der Waals surface area contributed by atoms with E-state index < -0.39 is 0 Å². The molecule has 0 aromatic carbocycles. The van der Waals surface area contributed by atoms with Gasteiger partial charge in [0, 0.05) is 18.6 Å². The minimum absolute atomic E-state index is 0.473. The van der Waals surface area contributed by atoms with Crippen LogP contribution in [0.4, 0.5) is 0 Å². The van der Waals surface area contributed by atoms with Crippen LogP contribution in [0.15, 0.2) is 0 Å². The highest BCUT2D eigenvalue weighted by molar-refractivity contribution is 5.18. The van der Waals surface area contributed by atoms with Gasteiger partial charge in [0.15, 0.2) is 0 Å². The van der Waals surface area contributed by atoms with Gasteiger partial charge in [-0.25, -0.2) is 0 Å². The van der Waals surface area contributed by atoms with Gasteiger partial charge in [0.05, 0.1) is 0 Å². The monoisotopic (exact) mass is 236 g/mol. The van der Waals surface area contributed by atoms with E-state index >= 15 is 0 Å². The van der Waals surface area contributed by atoms with Crippen molar-refractivity contribution in [2.24, 2.45) is 22.7 Å². The molecule has 1 heterocycles. The second kappa shape index (κ2) is 3.71. The van der Waals surface area contributed by atoms with E-state index in [-0.39, 0.29) is 0 Å². The van der Waals surface area contributed by atoms with Gasteiger partial charge in [-0.3, -0.25) is 0 Å². The van der Waals surface area contributed by atoms with Crippen molar-refractivity contribution in [2.45, 2.75) is 59.0 Å². The molecule has 0 amide bonds. The number of hydrogen-bond donors (Lipinski definition) is 2. The molecule has 2 heteroatoms. The molecule has 3 rings (SSSR count). The molecule has 3 fully saturated rings. The second-order valence-electron chi connectivity index (χ2n) is 7.65. The maximum Gasteiger partial charge on any atom is 0.0224 e. The van der Waals surface area contributed by atoms with Crippen LogP contribution in [0.1, 0.15) is 47.0 Å². The molecular formula is C15H28N2. The Balaban J connectivity index is 1.53. The van der Waals surface area contributed by atoms with Crippen molar-refractivity contribution in [1.82, 2.24) is 10.6 Å². The number of nitrogens with one attached hydrogen (secondary N) is 2. The topological polar surface area (TPSA) is 24.1 Å². The Hall–Kier alpha value is -0.0800. The Labute approximate surface area is 106 Å². The summed E-state index contributed by atoms with van der Waals surface area (Å²) in [4.78, 5) is 0. The first-order valence-corrected chi connectivity index (χ1v) is 7.41. The number of fused-ring (bicyclic) bond motifs is 1. The van der Waals surface area contributed by atoms with Crippen LogP contribution >= 0.6 is 0 Å². The minimum Gasteiger partial charge on any atom is -0.312 e. The molecule has 98 valence electrons. The summed E-state index contributed by atoms with van der Waals surface area (Å²) >= 11 is 0. The lowest BCUT2D eigenvalue weighted by Crippen LogP contribution is -2.40. The molecule has 2 nitrogen and oxygen atoms in total. The molecule has 2 saturated carbocycles. The number of rotatable bonds is 3. The normalized spacial score (nSPS) is 42.7. The summed E-state index contributed by atoms with van der Waals surface area (Å²) in [6, 6.07) is 1.45. The molecule has 0 aromatic rings. The van der Waals surface area contributed by atoms with Crippen molar-refractivity contribution in [1.29, 1.82) is 0 Å². The number of hydrogen-bond acceptors (Lipinski definition) is 2. The second-order valence-corrected chi connectivity index (χ2v) is 7.65. The predicted octanol–water partition coefficient (Wildman–Crippen LogP) is 2.40. The zero-order valence-corrected chi connectivity index (χ0v) is 11.8. The van der Waals surface area contributed by atoms with Crippen molar-refractivity contribution in [3.8, 4) is 0 Å². The quantitative estimate of drug-likeness (QED) is 0.786. The third-order valence-electron chi connectivity index (χ3n) is 6.44. The van der Waals surface area contributed by atoms with Gasteiger partial charge in [0.25, 0.3) is 0 Å². The predicted molar refractivity (Wildman–Crippen MR) is 72.0 cm³/mol. The molecule has 3 aliphatic rings. The Morgan fingerprint density at radius 1 is 1.12 bits per heavy atom. The van der Waals surface area contributed by atoms with Gasteiger partial charge < -0.3 is 10.6 Å². The summed E-state index contributed by atoms with van der Waals surface area (Å²) in [5.74, 6) is 1.95. The van der Waals surface area contributed by atoms with Gasteiger partial charge in [-0.15, -0.1) is 0 Å². The van der Waals surface area contributed by atoms with Crippen molar-refractivity contribution in [3.05, 3.63) is 0 Å². The van der Waals surface area contributed by atoms with Gasteiger partial charge in [0.1, 0.15) is 0 Å². The highest BCUT2D eigenvalue weighted by atomic mass is 15.1. The lowest BCUT2D eigenvalue weighted by atomic mass is 9.94. The van der Waals surface area contributed by atoms with Gasteiger partial charge in [-0.05, 0) is 42.1 Å². The molecule has 17 heavy (non-hydrogen) atoms. The minimum atomic E-state index is 0.473. The summed E-state index contributed by atoms with van der Waals surface area (Å²) in [5.41, 5.74) is 0.946. The molecule has 3 atom stereocenters. The van der Waals surface area contributed by atoms with Crippen LogP contribution in [0.25, 0.3) is 0 Å². The van der Waals surface area contributed by atoms with Crippen LogP contribution in [0.5, 0.6) is 0 Å². The lowest BCUT2D eigenvalue weighted by molar-refractivity contribution is 0.383. The molecule has 0 aromatic heterocycles. The van der Waals surface area contributed by atoms with Crippen molar-refractivity contribution in [2.75, 3.05) is 13.1 Å². The maximum absolute atomic E-state index is 3.83. The van der Waals surface area contributed by atoms with Gasteiger partial charge in [0.2, 0.25) is 0 Å². The molecule has 1 saturated heterocycles. The summed E-state index contributed by atoms with van der Waals surface area (Å²) in [6.45, 7) is 12.0. The van der Waals surface area contributed by atoms with Crippen molar-refractivity contribution in [3.63, 3.8) is 0 Å². The highest BCUT2D eigenvalue weighted by Gasteiger charge is 2.64. The molecule has 1 aliphatic heterocycles. The maximum atomic E-state index is 3.83. The summed E-state index contributed by atoms with van der Waals surface area (Å²) in [7, 11) is 0. The molecule has 0 bridgehead atoms. The lowest BCUT2D eigenvalue weighted by Gasteiger charge is -2.19. The van der Waals surface area contributed by atoms with E-state index in [0.29, 0.717) is 16.9 Å². The molecule has 2 N–H and O–H groups in total. The van der Waals surface area contributed by atoms with E-state index in [1.54, 1.807) is 0 Å². The summed E-state index contributed by atoms with van der Waals surface area (Å²) < 4.78 is 0. The van der Waals surface area contributed by atoms with E-state index in [0.717, 1.165) is 17.9 Å². The first-order valence-electron chi connectivity index (χ1n) is 7.41. The average Bonchev–Trinajstić information content (AvgIpc) is 2.71. The Kier molecular flexibility index (Phi) is 2.61. The Bertz CT molecular complexity index is 294. The van der Waals surface area contributed by atoms with Crippen LogP contribution in [0.2, 0.25) is 0 Å². The Morgan fingerprint density at radius 3 is 2.47 bits per heavy atom. The third-order valence-corrected chi connectivity index (χ3v) is 6.44. The average molecular weight is 236 g/mol. The fourth-order valence-corrected chi connectivity index (χ4v) is 4.48. The fourth-order valence-electron chi connectivity index (χ4n) is 4.48. The Morgan fingerprint density at radius 2 is 1.82 bits per heavy atom. The van der Waals surface area contributed by atoms with Gasteiger partial charge in [-0.1, -0.05) is 34.1 Å². The molecule has 3 unspecified atom stereocenters. The van der Waals surface area contributed by atoms with Crippen LogP contribution < -0.4 is 10.6 Å². The van der Waals surface area contributed by atoms with Crippen molar-refractivity contribution >= 4 is 0 Å². The largest absolute Gasteiger partial charge is 0.312 e. The van der Waals surface area contributed by atoms with E-state index in [1.165, 1.54) is 32.4 Å². The molecule has 0 spiro atoms. The van der Waals surface area contributed by atoms with E-state index in [2.05, 4.69) is 38.3 Å². The molecule has 2 aliphatic carbocycles. The van der Waals surface area contributed by atoms with Crippen LogP contribution in [-0.4, -0.2) is 25.2 Å². The van der Waals surface area contributed by atoms with Gasteiger partial charge in [-0.2, -0.15) is 0 Å². The highest BCUT2D eigenvalue weighted by Crippen LogP contribution is 2.62.